The number of hydrogen-bond donors (Lipinski definition) is 1. The molecule has 0 aliphatic carbocycles. The smallest absolute Gasteiger partial charge is 0.317 e. The Morgan fingerprint density at radius 2 is 1.50 bits per heavy atom. The maximum atomic E-state index is 11.5. The van der Waals surface area contributed by atoms with Crippen LogP contribution in [0.1, 0.15) is 0 Å². The molecule has 16 heavy (non-hydrogen) atoms. The highest BCUT2D eigenvalue weighted by Crippen LogP contribution is 2.47. The Morgan fingerprint density at radius 3 is 2.12 bits per heavy atom. The van der Waals surface area contributed by atoms with Crippen molar-refractivity contribution < 1.29 is 9.46 Å². The number of rotatable bonds is 2. The minimum absolute atomic E-state index is 0.280. The van der Waals surface area contributed by atoms with Crippen molar-refractivity contribution in [2.45, 2.75) is 0 Å². The first-order valence-electron chi connectivity index (χ1n) is 4.76. The van der Waals surface area contributed by atoms with Crippen molar-refractivity contribution in [3.8, 4) is 11.1 Å². The Hall–Kier alpha value is -1.08. The zero-order valence-corrected chi connectivity index (χ0v) is 10.0. The minimum Gasteiger partial charge on any atom is -0.330 e. The van der Waals surface area contributed by atoms with Gasteiger partial charge in [0.2, 0.25) is 0 Å². The standard InChI is InChI=1S/C12H10ClO2P/c13-16(14,15)12-9-5-4-8-11(12)10-6-2-1-3-7-10/h1-9H,(H,14,15). The molecule has 0 fully saturated rings. The predicted octanol–water partition coefficient (Wildman–Crippen LogP) is 3.40. The molecule has 0 heterocycles. The first-order chi connectivity index (χ1) is 7.59. The molecule has 1 atom stereocenters. The van der Waals surface area contributed by atoms with E-state index in [9.17, 15) is 9.46 Å². The molecule has 0 aliphatic heterocycles. The van der Waals surface area contributed by atoms with Gasteiger partial charge < -0.3 is 4.89 Å². The van der Waals surface area contributed by atoms with Gasteiger partial charge in [0.05, 0.1) is 5.30 Å². The SMILES string of the molecule is O=P(O)(Cl)c1ccccc1-c1ccccc1. The largest absolute Gasteiger partial charge is 0.330 e. The second-order valence-corrected chi connectivity index (χ2v) is 6.25. The van der Waals surface area contributed by atoms with E-state index in [0.717, 1.165) is 5.56 Å². The summed E-state index contributed by atoms with van der Waals surface area (Å²) >= 11 is 5.52. The first-order valence-corrected chi connectivity index (χ1v) is 7.33. The van der Waals surface area contributed by atoms with Gasteiger partial charge in [-0.1, -0.05) is 48.5 Å². The van der Waals surface area contributed by atoms with Crippen LogP contribution in [0.15, 0.2) is 54.6 Å². The van der Waals surface area contributed by atoms with E-state index in [1.165, 1.54) is 0 Å². The van der Waals surface area contributed by atoms with Gasteiger partial charge in [0.15, 0.2) is 0 Å². The molecule has 0 saturated carbocycles. The average Bonchev–Trinajstić information content (AvgIpc) is 2.29. The lowest BCUT2D eigenvalue weighted by molar-refractivity contribution is 0.506. The van der Waals surface area contributed by atoms with Gasteiger partial charge in [0, 0.05) is 0 Å². The fourth-order valence-electron chi connectivity index (χ4n) is 1.58. The highest BCUT2D eigenvalue weighted by molar-refractivity contribution is 7.90. The summed E-state index contributed by atoms with van der Waals surface area (Å²) < 4.78 is 11.5. The second-order valence-electron chi connectivity index (χ2n) is 3.39. The van der Waals surface area contributed by atoms with Crippen LogP contribution in [0.25, 0.3) is 11.1 Å². The molecule has 2 rings (SSSR count). The number of benzene rings is 2. The highest BCUT2D eigenvalue weighted by atomic mass is 35.7. The van der Waals surface area contributed by atoms with E-state index in [2.05, 4.69) is 0 Å². The van der Waals surface area contributed by atoms with Gasteiger partial charge in [-0.25, -0.2) is 0 Å². The van der Waals surface area contributed by atoms with Crippen molar-refractivity contribution in [3.05, 3.63) is 54.6 Å². The molecule has 0 aliphatic rings. The van der Waals surface area contributed by atoms with Crippen LogP contribution in [0.2, 0.25) is 0 Å². The van der Waals surface area contributed by atoms with E-state index in [1.54, 1.807) is 18.2 Å². The van der Waals surface area contributed by atoms with Gasteiger partial charge in [-0.3, -0.25) is 4.57 Å². The van der Waals surface area contributed by atoms with Gasteiger partial charge in [0.1, 0.15) is 0 Å². The molecule has 0 aromatic heterocycles. The third kappa shape index (κ3) is 2.35. The van der Waals surface area contributed by atoms with Crippen LogP contribution in [-0.4, -0.2) is 4.89 Å². The predicted molar refractivity (Wildman–Crippen MR) is 67.2 cm³/mol. The summed E-state index contributed by atoms with van der Waals surface area (Å²) in [7, 11) is 0. The second kappa shape index (κ2) is 4.42. The van der Waals surface area contributed by atoms with Gasteiger partial charge in [-0.15, -0.1) is 0 Å². The average molecular weight is 253 g/mol. The van der Waals surface area contributed by atoms with Gasteiger partial charge in [-0.05, 0) is 28.4 Å². The zero-order valence-electron chi connectivity index (χ0n) is 8.38. The van der Waals surface area contributed by atoms with E-state index in [1.807, 2.05) is 36.4 Å². The molecule has 0 spiro atoms. The van der Waals surface area contributed by atoms with Crippen LogP contribution in [0.3, 0.4) is 0 Å². The van der Waals surface area contributed by atoms with Crippen LogP contribution in [0.5, 0.6) is 0 Å². The lowest BCUT2D eigenvalue weighted by atomic mass is 10.1. The topological polar surface area (TPSA) is 37.3 Å². The number of halogens is 1. The summed E-state index contributed by atoms with van der Waals surface area (Å²) in [6.07, 6.45) is 0. The third-order valence-corrected chi connectivity index (χ3v) is 3.82. The van der Waals surface area contributed by atoms with Gasteiger partial charge in [0.25, 0.3) is 0 Å². The Labute approximate surface area is 98.8 Å². The van der Waals surface area contributed by atoms with Crippen LogP contribution in [0, 0.1) is 0 Å². The Morgan fingerprint density at radius 1 is 0.938 bits per heavy atom. The minimum atomic E-state index is -3.75. The van der Waals surface area contributed by atoms with Crippen molar-refractivity contribution >= 4 is 23.3 Å². The zero-order chi connectivity index (χ0) is 11.6. The summed E-state index contributed by atoms with van der Waals surface area (Å²) in [5.41, 5.74) is 1.58. The molecule has 2 aromatic rings. The maximum Gasteiger partial charge on any atom is 0.317 e. The van der Waals surface area contributed by atoms with Crippen molar-refractivity contribution in [2.24, 2.45) is 0 Å². The summed E-state index contributed by atoms with van der Waals surface area (Å²) in [6, 6.07) is 16.3. The molecule has 4 heteroatoms. The Balaban J connectivity index is 2.63. The van der Waals surface area contributed by atoms with E-state index >= 15 is 0 Å². The third-order valence-electron chi connectivity index (χ3n) is 2.29. The molecule has 2 aromatic carbocycles. The van der Waals surface area contributed by atoms with Crippen LogP contribution in [-0.2, 0) is 4.57 Å². The molecular formula is C12H10ClO2P. The lowest BCUT2D eigenvalue weighted by Crippen LogP contribution is -2.04. The molecule has 2 nitrogen and oxygen atoms in total. The lowest BCUT2D eigenvalue weighted by Gasteiger charge is -2.10. The van der Waals surface area contributed by atoms with Gasteiger partial charge in [-0.2, -0.15) is 0 Å². The van der Waals surface area contributed by atoms with E-state index in [4.69, 9.17) is 11.2 Å². The maximum absolute atomic E-state index is 11.5. The van der Waals surface area contributed by atoms with Crippen molar-refractivity contribution in [2.75, 3.05) is 0 Å². The van der Waals surface area contributed by atoms with Crippen LogP contribution >= 0.6 is 18.0 Å². The highest BCUT2D eigenvalue weighted by Gasteiger charge is 2.21. The van der Waals surface area contributed by atoms with E-state index in [-0.39, 0.29) is 5.30 Å². The fraction of sp³-hybridized carbons (Fsp3) is 0. The first kappa shape index (κ1) is 11.4. The summed E-state index contributed by atoms with van der Waals surface area (Å²) in [4.78, 5) is 9.45. The Kier molecular flexibility index (Phi) is 3.15. The molecular weight excluding hydrogens is 243 g/mol. The summed E-state index contributed by atoms with van der Waals surface area (Å²) in [5.74, 6) is 0. The molecule has 1 unspecified atom stereocenters. The molecule has 0 amide bonds. The molecule has 0 bridgehead atoms. The molecule has 0 radical (unpaired) electrons. The molecule has 82 valence electrons. The van der Waals surface area contributed by atoms with Crippen molar-refractivity contribution in [1.82, 2.24) is 0 Å². The normalized spacial score (nSPS) is 14.4. The van der Waals surface area contributed by atoms with E-state index < -0.39 is 6.72 Å². The van der Waals surface area contributed by atoms with Crippen LogP contribution in [0.4, 0.5) is 0 Å². The summed E-state index contributed by atoms with van der Waals surface area (Å²) in [5, 5.41) is 0.280. The van der Waals surface area contributed by atoms with Crippen molar-refractivity contribution in [3.63, 3.8) is 0 Å². The van der Waals surface area contributed by atoms with Crippen LogP contribution < -0.4 is 5.30 Å². The number of hydrogen-bond acceptors (Lipinski definition) is 1. The molecule has 1 N–H and O–H groups in total. The molecule has 0 saturated heterocycles. The Bertz CT molecular complexity index is 534. The van der Waals surface area contributed by atoms with Crippen molar-refractivity contribution in [1.29, 1.82) is 0 Å². The van der Waals surface area contributed by atoms with E-state index in [0.29, 0.717) is 5.56 Å². The van der Waals surface area contributed by atoms with Gasteiger partial charge >= 0.3 is 6.72 Å². The quantitative estimate of drug-likeness (QED) is 0.832. The summed E-state index contributed by atoms with van der Waals surface area (Å²) in [6.45, 7) is -3.75. The fourth-order valence-corrected chi connectivity index (χ4v) is 2.79. The monoisotopic (exact) mass is 252 g/mol.